The van der Waals surface area contributed by atoms with E-state index >= 15 is 0 Å². The molecule has 3 N–H and O–H groups in total. The van der Waals surface area contributed by atoms with Crippen LogP contribution < -0.4 is 11.1 Å². The first-order valence-corrected chi connectivity index (χ1v) is 7.41. The van der Waals surface area contributed by atoms with Crippen LogP contribution in [0.15, 0.2) is 35.2 Å². The second-order valence-corrected chi connectivity index (χ2v) is 5.43. The Kier molecular flexibility index (Phi) is 7.53. The van der Waals surface area contributed by atoms with Crippen molar-refractivity contribution >= 4 is 17.7 Å². The maximum Gasteiger partial charge on any atom is 0.221 e. The lowest BCUT2D eigenvalue weighted by Gasteiger charge is -2.10. The highest BCUT2D eigenvalue weighted by atomic mass is 32.2. The average Bonchev–Trinajstić information content (AvgIpc) is 2.36. The van der Waals surface area contributed by atoms with Crippen molar-refractivity contribution in [3.05, 3.63) is 30.3 Å². The fourth-order valence-corrected chi connectivity index (χ4v) is 2.45. The topological polar surface area (TPSA) is 55.1 Å². The van der Waals surface area contributed by atoms with E-state index in [0.717, 1.165) is 18.6 Å². The largest absolute Gasteiger partial charge is 0.355 e. The van der Waals surface area contributed by atoms with Gasteiger partial charge in [-0.1, -0.05) is 31.5 Å². The number of amides is 1. The number of rotatable bonds is 8. The number of benzene rings is 1. The average molecular weight is 266 g/mol. The highest BCUT2D eigenvalue weighted by Gasteiger charge is 2.07. The second kappa shape index (κ2) is 9.00. The molecule has 0 saturated carbocycles. The standard InChI is InChI=1S/C14H22N2OS/c1-2-6-12(15)11-14(17)16-9-10-18-13-7-4-3-5-8-13/h3-5,7-8,12H,2,6,9-11,15H2,1H3,(H,16,17). The summed E-state index contributed by atoms with van der Waals surface area (Å²) in [6.45, 7) is 2.77. The zero-order chi connectivity index (χ0) is 13.2. The normalized spacial score (nSPS) is 12.1. The lowest BCUT2D eigenvalue weighted by molar-refractivity contribution is -0.121. The van der Waals surface area contributed by atoms with Gasteiger partial charge in [-0.25, -0.2) is 0 Å². The molecule has 1 amide bonds. The molecule has 4 heteroatoms. The van der Waals surface area contributed by atoms with Crippen molar-refractivity contribution in [3.63, 3.8) is 0 Å². The van der Waals surface area contributed by atoms with Gasteiger partial charge in [-0.2, -0.15) is 0 Å². The summed E-state index contributed by atoms with van der Waals surface area (Å²) in [4.78, 5) is 12.8. The van der Waals surface area contributed by atoms with Crippen molar-refractivity contribution in [2.45, 2.75) is 37.1 Å². The number of carbonyl (C=O) groups excluding carboxylic acids is 1. The zero-order valence-electron chi connectivity index (χ0n) is 10.9. The highest BCUT2D eigenvalue weighted by Crippen LogP contribution is 2.15. The van der Waals surface area contributed by atoms with Crippen molar-refractivity contribution in [2.75, 3.05) is 12.3 Å². The Morgan fingerprint density at radius 3 is 2.78 bits per heavy atom. The Bertz CT molecular complexity index is 343. The fourth-order valence-electron chi connectivity index (χ4n) is 1.66. The summed E-state index contributed by atoms with van der Waals surface area (Å²) in [5, 5.41) is 2.90. The predicted molar refractivity (Wildman–Crippen MR) is 77.7 cm³/mol. The van der Waals surface area contributed by atoms with Crippen molar-refractivity contribution in [3.8, 4) is 0 Å². The van der Waals surface area contributed by atoms with E-state index < -0.39 is 0 Å². The van der Waals surface area contributed by atoms with E-state index in [2.05, 4.69) is 24.4 Å². The minimum absolute atomic E-state index is 0.00298. The first-order valence-electron chi connectivity index (χ1n) is 6.42. The molecule has 0 fully saturated rings. The van der Waals surface area contributed by atoms with E-state index in [4.69, 9.17) is 5.73 Å². The molecular formula is C14H22N2OS. The van der Waals surface area contributed by atoms with Crippen molar-refractivity contribution in [2.24, 2.45) is 5.73 Å². The molecule has 0 aromatic heterocycles. The Labute approximate surface area is 114 Å². The van der Waals surface area contributed by atoms with Gasteiger partial charge >= 0.3 is 0 Å². The molecular weight excluding hydrogens is 244 g/mol. The number of hydrogen-bond acceptors (Lipinski definition) is 3. The van der Waals surface area contributed by atoms with Gasteiger partial charge in [-0.15, -0.1) is 11.8 Å². The number of thioether (sulfide) groups is 1. The lowest BCUT2D eigenvalue weighted by atomic mass is 10.1. The third-order valence-electron chi connectivity index (χ3n) is 2.54. The molecule has 1 rings (SSSR count). The summed E-state index contributed by atoms with van der Waals surface area (Å²) in [5.41, 5.74) is 5.81. The van der Waals surface area contributed by atoms with Crippen LogP contribution in [0.4, 0.5) is 0 Å². The van der Waals surface area contributed by atoms with Crippen molar-refractivity contribution in [1.29, 1.82) is 0 Å². The third kappa shape index (κ3) is 6.67. The van der Waals surface area contributed by atoms with Gasteiger partial charge in [0.2, 0.25) is 5.91 Å². The van der Waals surface area contributed by atoms with Gasteiger partial charge in [0.25, 0.3) is 0 Å². The van der Waals surface area contributed by atoms with Gasteiger partial charge in [-0.05, 0) is 18.6 Å². The number of nitrogens with two attached hydrogens (primary N) is 1. The van der Waals surface area contributed by atoms with Crippen LogP contribution in [0.1, 0.15) is 26.2 Å². The monoisotopic (exact) mass is 266 g/mol. The smallest absolute Gasteiger partial charge is 0.221 e. The Hall–Kier alpha value is -1.00. The summed E-state index contributed by atoms with van der Waals surface area (Å²) in [7, 11) is 0. The molecule has 0 aliphatic heterocycles. The zero-order valence-corrected chi connectivity index (χ0v) is 11.7. The highest BCUT2D eigenvalue weighted by molar-refractivity contribution is 7.99. The Morgan fingerprint density at radius 1 is 1.39 bits per heavy atom. The minimum Gasteiger partial charge on any atom is -0.355 e. The molecule has 1 aromatic rings. The van der Waals surface area contributed by atoms with Crippen LogP contribution in [-0.4, -0.2) is 24.2 Å². The summed E-state index contributed by atoms with van der Waals surface area (Å²) in [5.74, 6) is 0.947. The van der Waals surface area contributed by atoms with Crippen LogP contribution in [-0.2, 0) is 4.79 Å². The van der Waals surface area contributed by atoms with Gasteiger partial charge in [-0.3, -0.25) is 4.79 Å². The lowest BCUT2D eigenvalue weighted by Crippen LogP contribution is -2.32. The maximum absolute atomic E-state index is 11.5. The quantitative estimate of drug-likeness (QED) is 0.561. The second-order valence-electron chi connectivity index (χ2n) is 4.26. The SMILES string of the molecule is CCCC(N)CC(=O)NCCSc1ccccc1. The number of carbonyl (C=O) groups is 1. The first kappa shape index (κ1) is 15.1. The molecule has 1 aromatic carbocycles. The maximum atomic E-state index is 11.5. The Balaban J connectivity index is 2.09. The molecule has 3 nitrogen and oxygen atoms in total. The number of nitrogens with one attached hydrogen (secondary N) is 1. The van der Waals surface area contributed by atoms with E-state index in [1.807, 2.05) is 18.2 Å². The summed E-state index contributed by atoms with van der Waals surface area (Å²) in [6.07, 6.45) is 2.37. The molecule has 1 unspecified atom stereocenters. The van der Waals surface area contributed by atoms with Crippen LogP contribution in [0.5, 0.6) is 0 Å². The molecule has 18 heavy (non-hydrogen) atoms. The molecule has 0 spiro atoms. The molecule has 0 radical (unpaired) electrons. The predicted octanol–water partition coefficient (Wildman–Crippen LogP) is 2.41. The molecule has 0 aliphatic rings. The molecule has 0 saturated heterocycles. The first-order chi connectivity index (χ1) is 8.72. The van der Waals surface area contributed by atoms with Crippen LogP contribution in [0.3, 0.4) is 0 Å². The van der Waals surface area contributed by atoms with Crippen LogP contribution in [0.2, 0.25) is 0 Å². The summed E-state index contributed by atoms with van der Waals surface area (Å²) >= 11 is 1.75. The van der Waals surface area contributed by atoms with E-state index in [1.165, 1.54) is 4.90 Å². The van der Waals surface area contributed by atoms with Gasteiger partial charge in [0.05, 0.1) is 0 Å². The van der Waals surface area contributed by atoms with Gasteiger partial charge in [0.1, 0.15) is 0 Å². The summed E-state index contributed by atoms with van der Waals surface area (Å²) < 4.78 is 0. The third-order valence-corrected chi connectivity index (χ3v) is 3.56. The fraction of sp³-hybridized carbons (Fsp3) is 0.500. The Morgan fingerprint density at radius 2 is 2.11 bits per heavy atom. The van der Waals surface area contributed by atoms with Crippen molar-refractivity contribution in [1.82, 2.24) is 5.32 Å². The molecule has 0 aliphatic carbocycles. The summed E-state index contributed by atoms with van der Waals surface area (Å²) in [6, 6.07) is 10.2. The van der Waals surface area contributed by atoms with E-state index in [1.54, 1.807) is 11.8 Å². The van der Waals surface area contributed by atoms with Crippen LogP contribution >= 0.6 is 11.8 Å². The van der Waals surface area contributed by atoms with Crippen LogP contribution in [0, 0.1) is 0 Å². The molecule has 100 valence electrons. The van der Waals surface area contributed by atoms with Crippen molar-refractivity contribution < 1.29 is 4.79 Å². The van der Waals surface area contributed by atoms with Crippen LogP contribution in [0.25, 0.3) is 0 Å². The molecule has 1 atom stereocenters. The molecule has 0 bridgehead atoms. The minimum atomic E-state index is -0.00298. The number of hydrogen-bond donors (Lipinski definition) is 2. The van der Waals surface area contributed by atoms with Gasteiger partial charge in [0.15, 0.2) is 0 Å². The molecule has 0 heterocycles. The van der Waals surface area contributed by atoms with E-state index in [-0.39, 0.29) is 11.9 Å². The van der Waals surface area contributed by atoms with Gasteiger partial charge < -0.3 is 11.1 Å². The van der Waals surface area contributed by atoms with E-state index in [0.29, 0.717) is 13.0 Å². The van der Waals surface area contributed by atoms with E-state index in [9.17, 15) is 4.79 Å². The van der Waals surface area contributed by atoms with Gasteiger partial charge in [0, 0.05) is 29.7 Å².